The Balaban J connectivity index is 1.75. The van der Waals surface area contributed by atoms with Crippen molar-refractivity contribution in [1.29, 1.82) is 0 Å². The number of carbonyl (C=O) groups excluding carboxylic acids is 1. The molecule has 0 aromatic heterocycles. The Bertz CT molecular complexity index is 616. The Morgan fingerprint density at radius 2 is 2.00 bits per heavy atom. The van der Waals surface area contributed by atoms with Gasteiger partial charge in [-0.1, -0.05) is 17.7 Å². The first kappa shape index (κ1) is 16.6. The van der Waals surface area contributed by atoms with Gasteiger partial charge in [-0.05, 0) is 63.3 Å². The van der Waals surface area contributed by atoms with Crippen LogP contribution in [-0.2, 0) is 10.2 Å². The number of piperidine rings is 1. The van der Waals surface area contributed by atoms with Crippen LogP contribution < -0.4 is 5.73 Å². The van der Waals surface area contributed by atoms with Crippen molar-refractivity contribution in [3.63, 3.8) is 0 Å². The molecule has 2 N–H and O–H groups in total. The van der Waals surface area contributed by atoms with Crippen LogP contribution in [0.15, 0.2) is 18.2 Å². The Kier molecular flexibility index (Phi) is 4.09. The first-order chi connectivity index (χ1) is 10.7. The Morgan fingerprint density at radius 1 is 1.35 bits per heavy atom. The number of benzene rings is 1. The zero-order chi connectivity index (χ0) is 16.8. The standard InChI is InChI=1S/C18H25ClN2O2/c1-17(2,3)23-16(22)21-8-6-18(7-9-21)11-15(20)13-5-4-12(19)10-14(13)18/h4-5,10,15H,6-9,11,20H2,1-3H3/t15-/m1/s1. The van der Waals surface area contributed by atoms with E-state index in [1.165, 1.54) is 11.1 Å². The molecular formula is C18H25ClN2O2. The van der Waals surface area contributed by atoms with Crippen molar-refractivity contribution in [2.75, 3.05) is 13.1 Å². The van der Waals surface area contributed by atoms with Gasteiger partial charge in [0.05, 0.1) is 0 Å². The molecule has 5 heteroatoms. The number of amides is 1. The number of likely N-dealkylation sites (tertiary alicyclic amines) is 1. The molecule has 1 aromatic carbocycles. The summed E-state index contributed by atoms with van der Waals surface area (Å²) in [6, 6.07) is 6.09. The van der Waals surface area contributed by atoms with Crippen molar-refractivity contribution < 1.29 is 9.53 Å². The molecule has 23 heavy (non-hydrogen) atoms. The second-order valence-corrected chi connectivity index (χ2v) is 8.23. The van der Waals surface area contributed by atoms with Gasteiger partial charge in [-0.15, -0.1) is 0 Å². The van der Waals surface area contributed by atoms with Crippen molar-refractivity contribution >= 4 is 17.7 Å². The number of ether oxygens (including phenoxy) is 1. The number of carbonyl (C=O) groups is 1. The summed E-state index contributed by atoms with van der Waals surface area (Å²) in [5, 5.41) is 0.756. The fourth-order valence-corrected chi connectivity index (χ4v) is 4.04. The van der Waals surface area contributed by atoms with Gasteiger partial charge in [0, 0.05) is 29.6 Å². The molecule has 126 valence electrons. The van der Waals surface area contributed by atoms with Gasteiger partial charge in [0.15, 0.2) is 0 Å². The van der Waals surface area contributed by atoms with E-state index in [2.05, 4.69) is 12.1 Å². The van der Waals surface area contributed by atoms with Crippen LogP contribution >= 0.6 is 11.6 Å². The number of fused-ring (bicyclic) bond motifs is 2. The summed E-state index contributed by atoms with van der Waals surface area (Å²) in [4.78, 5) is 14.0. The fourth-order valence-electron chi connectivity index (χ4n) is 3.87. The minimum atomic E-state index is -0.456. The number of halogens is 1. The van der Waals surface area contributed by atoms with Crippen LogP contribution in [0.5, 0.6) is 0 Å². The molecule has 1 spiro atoms. The van der Waals surface area contributed by atoms with Gasteiger partial charge in [0.25, 0.3) is 0 Å². The van der Waals surface area contributed by atoms with Gasteiger partial charge < -0.3 is 15.4 Å². The molecule has 0 radical (unpaired) electrons. The normalized spacial score (nSPS) is 23.0. The molecule has 1 saturated heterocycles. The van der Waals surface area contributed by atoms with E-state index in [4.69, 9.17) is 22.1 Å². The molecule has 1 amide bonds. The topological polar surface area (TPSA) is 55.6 Å². The zero-order valence-corrected chi connectivity index (χ0v) is 14.8. The lowest BCUT2D eigenvalue weighted by Crippen LogP contribution is -2.46. The van der Waals surface area contributed by atoms with E-state index in [1.54, 1.807) is 0 Å². The van der Waals surface area contributed by atoms with Crippen molar-refractivity contribution in [2.24, 2.45) is 5.73 Å². The number of rotatable bonds is 0. The van der Waals surface area contributed by atoms with Crippen molar-refractivity contribution in [3.05, 3.63) is 34.3 Å². The van der Waals surface area contributed by atoms with Gasteiger partial charge in [-0.25, -0.2) is 4.79 Å². The van der Waals surface area contributed by atoms with Crippen molar-refractivity contribution in [1.82, 2.24) is 4.90 Å². The van der Waals surface area contributed by atoms with Crippen LogP contribution in [0.4, 0.5) is 4.79 Å². The van der Waals surface area contributed by atoms with Crippen LogP contribution in [0.3, 0.4) is 0 Å². The Hall–Kier alpha value is -1.26. The summed E-state index contributed by atoms with van der Waals surface area (Å²) < 4.78 is 5.48. The summed E-state index contributed by atoms with van der Waals surface area (Å²) in [5.41, 5.74) is 8.42. The molecule has 1 atom stereocenters. The molecular weight excluding hydrogens is 312 g/mol. The van der Waals surface area contributed by atoms with Crippen LogP contribution in [0.1, 0.15) is 57.2 Å². The Morgan fingerprint density at radius 3 is 2.61 bits per heavy atom. The summed E-state index contributed by atoms with van der Waals surface area (Å²) in [7, 11) is 0. The molecule has 0 unspecified atom stereocenters. The molecule has 0 saturated carbocycles. The van der Waals surface area contributed by atoms with Crippen molar-refractivity contribution in [2.45, 2.75) is 57.1 Å². The van der Waals surface area contributed by atoms with E-state index in [9.17, 15) is 4.79 Å². The van der Waals surface area contributed by atoms with Gasteiger partial charge in [0.1, 0.15) is 5.60 Å². The van der Waals surface area contributed by atoms with Gasteiger partial charge in [-0.2, -0.15) is 0 Å². The number of nitrogens with zero attached hydrogens (tertiary/aromatic N) is 1. The largest absolute Gasteiger partial charge is 0.444 e. The first-order valence-electron chi connectivity index (χ1n) is 8.24. The molecule has 1 aromatic rings. The van der Waals surface area contributed by atoms with E-state index in [1.807, 2.05) is 31.7 Å². The third-order valence-electron chi connectivity index (χ3n) is 4.97. The quantitative estimate of drug-likeness (QED) is 0.778. The average molecular weight is 337 g/mol. The highest BCUT2D eigenvalue weighted by Gasteiger charge is 2.45. The second kappa shape index (κ2) is 5.67. The molecule has 1 fully saturated rings. The monoisotopic (exact) mass is 336 g/mol. The third kappa shape index (κ3) is 3.20. The minimum Gasteiger partial charge on any atom is -0.444 e. The average Bonchev–Trinajstić information content (AvgIpc) is 2.70. The predicted molar refractivity (Wildman–Crippen MR) is 91.7 cm³/mol. The van der Waals surface area contributed by atoms with Crippen LogP contribution in [0.25, 0.3) is 0 Å². The maximum Gasteiger partial charge on any atom is 0.410 e. The molecule has 1 aliphatic heterocycles. The number of hydrogen-bond acceptors (Lipinski definition) is 3. The maximum absolute atomic E-state index is 12.2. The van der Waals surface area contributed by atoms with E-state index in [-0.39, 0.29) is 17.6 Å². The van der Waals surface area contributed by atoms with Gasteiger partial charge in [-0.3, -0.25) is 0 Å². The summed E-state index contributed by atoms with van der Waals surface area (Å²) in [6.45, 7) is 7.08. The SMILES string of the molecule is CC(C)(C)OC(=O)N1CCC2(CC1)C[C@@H](N)c1ccc(Cl)cc12. The van der Waals surface area contributed by atoms with Crippen LogP contribution in [0.2, 0.25) is 5.02 Å². The lowest BCUT2D eigenvalue weighted by atomic mass is 9.74. The predicted octanol–water partition coefficient (Wildman–Crippen LogP) is 4.01. The van der Waals surface area contributed by atoms with Gasteiger partial charge >= 0.3 is 6.09 Å². The first-order valence-corrected chi connectivity index (χ1v) is 8.61. The maximum atomic E-state index is 12.2. The molecule has 3 rings (SSSR count). The zero-order valence-electron chi connectivity index (χ0n) is 14.1. The number of hydrogen-bond donors (Lipinski definition) is 1. The van der Waals surface area contributed by atoms with Crippen LogP contribution in [0, 0.1) is 0 Å². The number of nitrogens with two attached hydrogens (primary N) is 1. The third-order valence-corrected chi connectivity index (χ3v) is 5.20. The summed E-state index contributed by atoms with van der Waals surface area (Å²) >= 11 is 6.20. The Labute approximate surface area is 142 Å². The summed E-state index contributed by atoms with van der Waals surface area (Å²) in [5.74, 6) is 0. The molecule has 1 heterocycles. The smallest absolute Gasteiger partial charge is 0.410 e. The van der Waals surface area contributed by atoms with Crippen molar-refractivity contribution in [3.8, 4) is 0 Å². The van der Waals surface area contributed by atoms with Gasteiger partial charge in [0.2, 0.25) is 0 Å². The second-order valence-electron chi connectivity index (χ2n) is 7.79. The molecule has 4 nitrogen and oxygen atoms in total. The van der Waals surface area contributed by atoms with Crippen LogP contribution in [-0.4, -0.2) is 29.7 Å². The fraction of sp³-hybridized carbons (Fsp3) is 0.611. The van der Waals surface area contributed by atoms with E-state index in [0.29, 0.717) is 13.1 Å². The molecule has 2 aliphatic rings. The highest BCUT2D eigenvalue weighted by atomic mass is 35.5. The summed E-state index contributed by atoms with van der Waals surface area (Å²) in [6.07, 6.45) is 2.53. The lowest BCUT2D eigenvalue weighted by Gasteiger charge is -2.40. The highest BCUT2D eigenvalue weighted by Crippen LogP contribution is 2.50. The molecule has 0 bridgehead atoms. The minimum absolute atomic E-state index is 0.0537. The van der Waals surface area contributed by atoms with E-state index in [0.717, 1.165) is 24.3 Å². The lowest BCUT2D eigenvalue weighted by molar-refractivity contribution is 0.0162. The molecule has 1 aliphatic carbocycles. The highest BCUT2D eigenvalue weighted by molar-refractivity contribution is 6.30. The van der Waals surface area contributed by atoms with E-state index >= 15 is 0 Å². The van der Waals surface area contributed by atoms with E-state index < -0.39 is 5.60 Å².